The molecule has 0 radical (unpaired) electrons. The third kappa shape index (κ3) is 5.32. The monoisotopic (exact) mass is 591 g/mol. The normalized spacial score (nSPS) is 12.9. The molecule has 6 rings (SSSR count). The average Bonchev–Trinajstić information content (AvgIpc) is 3.33. The van der Waals surface area contributed by atoms with Gasteiger partial charge in [0.25, 0.3) is 0 Å². The number of nitrogens with one attached hydrogen (secondary N) is 3. The standard InChI is InChI=1S/C34H23F2N3O5/c35-28-20-19-27-30(29(28)36)39-31(40)34(27,21-11-15-25(16-12-21)43-32(41)37-23-7-3-1-4-8-23)22-13-17-26(18-14-22)44-33(42)38-24-9-5-2-6-10-24/h1-20H,(H,37,41)(H,38,42)(H,39,40). The molecular weight excluding hydrogens is 568 g/mol. The number of benzene rings is 5. The van der Waals surface area contributed by atoms with Crippen LogP contribution in [0.3, 0.4) is 0 Å². The number of amides is 3. The maximum absolute atomic E-state index is 14.9. The fraction of sp³-hybridized carbons (Fsp3) is 0.0294. The number of ether oxygens (including phenoxy) is 2. The maximum Gasteiger partial charge on any atom is 0.417 e. The van der Waals surface area contributed by atoms with Crippen LogP contribution < -0.4 is 25.4 Å². The summed E-state index contributed by atoms with van der Waals surface area (Å²) in [7, 11) is 0. The Morgan fingerprint density at radius 3 is 1.52 bits per heavy atom. The van der Waals surface area contributed by atoms with E-state index in [0.717, 1.165) is 6.07 Å². The third-order valence-electron chi connectivity index (χ3n) is 7.11. The smallest absolute Gasteiger partial charge is 0.410 e. The van der Waals surface area contributed by atoms with E-state index >= 15 is 0 Å². The van der Waals surface area contributed by atoms with Gasteiger partial charge in [-0.2, -0.15) is 0 Å². The van der Waals surface area contributed by atoms with Gasteiger partial charge in [0, 0.05) is 16.9 Å². The molecule has 44 heavy (non-hydrogen) atoms. The summed E-state index contributed by atoms with van der Waals surface area (Å²) in [5.74, 6) is -2.54. The summed E-state index contributed by atoms with van der Waals surface area (Å²) < 4.78 is 39.9. The Morgan fingerprint density at radius 2 is 1.07 bits per heavy atom. The number of carbonyl (C=O) groups is 3. The van der Waals surface area contributed by atoms with Crippen molar-refractivity contribution in [3.05, 3.63) is 150 Å². The summed E-state index contributed by atoms with van der Waals surface area (Å²) in [6, 6.07) is 32.1. The quantitative estimate of drug-likeness (QED) is 0.190. The molecule has 218 valence electrons. The molecule has 1 aliphatic rings. The molecule has 1 heterocycles. The molecule has 3 N–H and O–H groups in total. The Morgan fingerprint density at radius 1 is 0.614 bits per heavy atom. The highest BCUT2D eigenvalue weighted by Gasteiger charge is 2.51. The number of carbonyl (C=O) groups excluding carboxylic acids is 3. The Kier molecular flexibility index (Phi) is 7.47. The van der Waals surface area contributed by atoms with Gasteiger partial charge in [0.15, 0.2) is 11.6 Å². The summed E-state index contributed by atoms with van der Waals surface area (Å²) in [5.41, 5.74) is 0.183. The molecule has 0 atom stereocenters. The van der Waals surface area contributed by atoms with Crippen molar-refractivity contribution in [3.63, 3.8) is 0 Å². The Hall–Kier alpha value is -6.03. The van der Waals surface area contributed by atoms with Crippen molar-refractivity contribution in [3.8, 4) is 11.5 Å². The fourth-order valence-corrected chi connectivity index (χ4v) is 5.14. The highest BCUT2D eigenvalue weighted by molar-refractivity contribution is 6.11. The van der Waals surface area contributed by atoms with Crippen LogP contribution in [-0.2, 0) is 10.2 Å². The van der Waals surface area contributed by atoms with Crippen LogP contribution in [-0.4, -0.2) is 18.1 Å². The van der Waals surface area contributed by atoms with E-state index in [9.17, 15) is 23.2 Å². The van der Waals surface area contributed by atoms with Gasteiger partial charge >= 0.3 is 12.2 Å². The first-order chi connectivity index (χ1) is 21.3. The lowest BCUT2D eigenvalue weighted by Gasteiger charge is -2.29. The van der Waals surface area contributed by atoms with Gasteiger partial charge in [-0.25, -0.2) is 18.4 Å². The summed E-state index contributed by atoms with van der Waals surface area (Å²) in [4.78, 5) is 38.5. The highest BCUT2D eigenvalue weighted by atomic mass is 19.2. The Balaban J connectivity index is 1.31. The Labute approximate surface area is 250 Å². The predicted molar refractivity (Wildman–Crippen MR) is 160 cm³/mol. The number of hydrogen-bond acceptors (Lipinski definition) is 5. The average molecular weight is 592 g/mol. The molecule has 0 bridgehead atoms. The molecule has 5 aromatic carbocycles. The second kappa shape index (κ2) is 11.7. The summed E-state index contributed by atoms with van der Waals surface area (Å²) in [6.45, 7) is 0. The van der Waals surface area contributed by atoms with Crippen molar-refractivity contribution >= 4 is 35.2 Å². The predicted octanol–water partition coefficient (Wildman–Crippen LogP) is 7.47. The maximum atomic E-state index is 14.9. The van der Waals surface area contributed by atoms with Gasteiger partial charge in [0.05, 0.1) is 5.69 Å². The van der Waals surface area contributed by atoms with Crippen molar-refractivity contribution in [1.29, 1.82) is 0 Å². The van der Waals surface area contributed by atoms with Crippen molar-refractivity contribution in [2.45, 2.75) is 5.41 Å². The molecule has 0 unspecified atom stereocenters. The number of hydrogen-bond donors (Lipinski definition) is 3. The van der Waals surface area contributed by atoms with Crippen LogP contribution >= 0.6 is 0 Å². The molecule has 8 nitrogen and oxygen atoms in total. The van der Waals surface area contributed by atoms with E-state index in [1.807, 2.05) is 12.1 Å². The molecular formula is C34H23F2N3O5. The second-order valence-electron chi connectivity index (χ2n) is 9.80. The third-order valence-corrected chi connectivity index (χ3v) is 7.11. The summed E-state index contributed by atoms with van der Waals surface area (Å²) in [6.07, 6.45) is -1.43. The molecule has 0 saturated carbocycles. The van der Waals surface area contributed by atoms with E-state index in [1.165, 1.54) is 30.3 Å². The first kappa shape index (κ1) is 28.1. The molecule has 3 amide bonds. The number of rotatable bonds is 6. The van der Waals surface area contributed by atoms with Gasteiger partial charge in [-0.15, -0.1) is 0 Å². The molecule has 5 aromatic rings. The zero-order chi connectivity index (χ0) is 30.7. The molecule has 0 fully saturated rings. The van der Waals surface area contributed by atoms with E-state index in [1.54, 1.807) is 72.8 Å². The van der Waals surface area contributed by atoms with E-state index < -0.39 is 35.1 Å². The van der Waals surface area contributed by atoms with Crippen molar-refractivity contribution in [2.75, 3.05) is 16.0 Å². The fourth-order valence-electron chi connectivity index (χ4n) is 5.14. The van der Waals surface area contributed by atoms with Crippen molar-refractivity contribution in [1.82, 2.24) is 0 Å². The number of para-hydroxylation sites is 2. The lowest BCUT2D eigenvalue weighted by Crippen LogP contribution is -2.37. The lowest BCUT2D eigenvalue weighted by molar-refractivity contribution is -0.118. The number of fused-ring (bicyclic) bond motifs is 1. The van der Waals surface area contributed by atoms with Crippen LogP contribution in [0, 0.1) is 11.6 Å². The SMILES string of the molecule is O=C(Nc1ccccc1)Oc1ccc(C2(c3ccc(OC(=O)Nc4ccccc4)cc3)C(=O)Nc3c2ccc(F)c3F)cc1. The van der Waals surface area contributed by atoms with Gasteiger partial charge in [0.2, 0.25) is 5.91 Å². The topological polar surface area (TPSA) is 106 Å². The van der Waals surface area contributed by atoms with Crippen molar-refractivity contribution < 1.29 is 32.6 Å². The van der Waals surface area contributed by atoms with E-state index in [-0.39, 0.29) is 22.7 Å². The lowest BCUT2D eigenvalue weighted by atomic mass is 9.70. The van der Waals surface area contributed by atoms with Crippen LogP contribution in [0.4, 0.5) is 35.4 Å². The van der Waals surface area contributed by atoms with Crippen LogP contribution in [0.2, 0.25) is 0 Å². The minimum absolute atomic E-state index is 0.187. The molecule has 0 aromatic heterocycles. The van der Waals surface area contributed by atoms with Gasteiger partial charge < -0.3 is 14.8 Å². The van der Waals surface area contributed by atoms with Gasteiger partial charge in [-0.3, -0.25) is 15.4 Å². The highest BCUT2D eigenvalue weighted by Crippen LogP contribution is 2.49. The van der Waals surface area contributed by atoms with E-state index in [0.29, 0.717) is 22.5 Å². The minimum atomic E-state index is -1.61. The van der Waals surface area contributed by atoms with Crippen LogP contribution in [0.5, 0.6) is 11.5 Å². The number of halogens is 2. The van der Waals surface area contributed by atoms with Gasteiger partial charge in [-0.05, 0) is 65.7 Å². The van der Waals surface area contributed by atoms with Crippen LogP contribution in [0.15, 0.2) is 121 Å². The van der Waals surface area contributed by atoms with Crippen LogP contribution in [0.25, 0.3) is 0 Å². The second-order valence-corrected chi connectivity index (χ2v) is 9.80. The van der Waals surface area contributed by atoms with Gasteiger partial charge in [-0.1, -0.05) is 66.7 Å². The molecule has 1 aliphatic heterocycles. The minimum Gasteiger partial charge on any atom is -0.410 e. The summed E-state index contributed by atoms with van der Waals surface area (Å²) >= 11 is 0. The zero-order valence-corrected chi connectivity index (χ0v) is 22.8. The van der Waals surface area contributed by atoms with Crippen molar-refractivity contribution in [2.24, 2.45) is 0 Å². The van der Waals surface area contributed by atoms with Crippen LogP contribution in [0.1, 0.15) is 16.7 Å². The first-order valence-electron chi connectivity index (χ1n) is 13.4. The molecule has 0 aliphatic carbocycles. The largest absolute Gasteiger partial charge is 0.417 e. The van der Waals surface area contributed by atoms with Gasteiger partial charge in [0.1, 0.15) is 16.9 Å². The van der Waals surface area contributed by atoms with E-state index in [2.05, 4.69) is 16.0 Å². The summed E-state index contributed by atoms with van der Waals surface area (Å²) in [5, 5.41) is 7.73. The number of anilines is 3. The molecule has 10 heteroatoms. The van der Waals surface area contributed by atoms with E-state index in [4.69, 9.17) is 9.47 Å². The first-order valence-corrected chi connectivity index (χ1v) is 13.4. The zero-order valence-electron chi connectivity index (χ0n) is 22.8. The Bertz CT molecular complexity index is 1750. The molecule has 0 saturated heterocycles. The molecule has 0 spiro atoms.